The molecule has 0 radical (unpaired) electrons. The molecule has 104 valence electrons. The topological polar surface area (TPSA) is 118 Å². The highest BCUT2D eigenvalue weighted by atomic mass is 16.6. The highest BCUT2D eigenvalue weighted by Gasteiger charge is 2.28. The number of amides is 1. The van der Waals surface area contributed by atoms with Gasteiger partial charge in [-0.15, -0.1) is 0 Å². The zero-order chi connectivity index (χ0) is 14.6. The Morgan fingerprint density at radius 2 is 2.21 bits per heavy atom. The molecule has 1 rings (SSSR count). The van der Waals surface area contributed by atoms with E-state index in [-0.39, 0.29) is 17.1 Å². The van der Waals surface area contributed by atoms with Crippen molar-refractivity contribution in [3.8, 4) is 5.75 Å². The molecule has 4 N–H and O–H groups in total. The van der Waals surface area contributed by atoms with E-state index in [0.717, 1.165) is 24.6 Å². The van der Waals surface area contributed by atoms with Crippen LogP contribution in [0.15, 0.2) is 18.2 Å². The SMILES string of the molecule is CCCC(C)(N)C(=O)Nc1cc([N+](=O)[O-])ccc1O. The second kappa shape index (κ2) is 5.66. The molecule has 0 aliphatic carbocycles. The quantitative estimate of drug-likeness (QED) is 0.426. The number of benzene rings is 1. The second-order valence-electron chi connectivity index (χ2n) is 4.58. The van der Waals surface area contributed by atoms with Crippen LogP contribution >= 0.6 is 0 Å². The molecule has 1 atom stereocenters. The molecule has 0 spiro atoms. The van der Waals surface area contributed by atoms with Crippen molar-refractivity contribution in [3.63, 3.8) is 0 Å². The van der Waals surface area contributed by atoms with Crippen molar-refractivity contribution >= 4 is 17.3 Å². The van der Waals surface area contributed by atoms with Crippen LogP contribution in [0.2, 0.25) is 0 Å². The van der Waals surface area contributed by atoms with Crippen LogP contribution in [0.1, 0.15) is 26.7 Å². The van der Waals surface area contributed by atoms with Crippen LogP contribution in [0.3, 0.4) is 0 Å². The predicted molar refractivity (Wildman–Crippen MR) is 70.9 cm³/mol. The number of nitro benzene ring substituents is 1. The van der Waals surface area contributed by atoms with Gasteiger partial charge in [0, 0.05) is 12.1 Å². The number of phenols is 1. The molecule has 0 aliphatic heterocycles. The Morgan fingerprint density at radius 1 is 1.58 bits per heavy atom. The fourth-order valence-electron chi connectivity index (χ4n) is 1.64. The third-order valence-corrected chi connectivity index (χ3v) is 2.73. The van der Waals surface area contributed by atoms with Crippen LogP contribution in [0.25, 0.3) is 0 Å². The van der Waals surface area contributed by atoms with Crippen molar-refractivity contribution in [1.29, 1.82) is 0 Å². The Morgan fingerprint density at radius 3 is 2.74 bits per heavy atom. The lowest BCUT2D eigenvalue weighted by molar-refractivity contribution is -0.384. The first-order chi connectivity index (χ1) is 8.77. The van der Waals surface area contributed by atoms with Crippen LogP contribution in [0.4, 0.5) is 11.4 Å². The van der Waals surface area contributed by atoms with E-state index in [4.69, 9.17) is 5.73 Å². The zero-order valence-electron chi connectivity index (χ0n) is 10.8. The summed E-state index contributed by atoms with van der Waals surface area (Å²) in [6.45, 7) is 3.46. The van der Waals surface area contributed by atoms with Crippen LogP contribution in [-0.4, -0.2) is 21.5 Å². The standard InChI is InChI=1S/C12H17N3O4/c1-3-6-12(2,13)11(17)14-9-7-8(15(18)19)4-5-10(9)16/h4-5,7,16H,3,6,13H2,1-2H3,(H,14,17). The third kappa shape index (κ3) is 3.65. The van der Waals surface area contributed by atoms with Gasteiger partial charge in [0.2, 0.25) is 5.91 Å². The van der Waals surface area contributed by atoms with E-state index in [1.807, 2.05) is 6.92 Å². The first-order valence-corrected chi connectivity index (χ1v) is 5.85. The van der Waals surface area contributed by atoms with E-state index in [1.54, 1.807) is 6.92 Å². The minimum Gasteiger partial charge on any atom is -0.506 e. The summed E-state index contributed by atoms with van der Waals surface area (Å²) in [5.41, 5.74) is 4.51. The number of carbonyl (C=O) groups is 1. The van der Waals surface area contributed by atoms with E-state index < -0.39 is 16.4 Å². The minimum absolute atomic E-state index is 0.0213. The summed E-state index contributed by atoms with van der Waals surface area (Å²) in [7, 11) is 0. The van der Waals surface area contributed by atoms with E-state index in [2.05, 4.69) is 5.32 Å². The molecule has 1 aromatic carbocycles. The molecule has 1 amide bonds. The molecule has 0 bridgehead atoms. The lowest BCUT2D eigenvalue weighted by Gasteiger charge is -2.22. The number of nitrogens with one attached hydrogen (secondary N) is 1. The van der Waals surface area contributed by atoms with Crippen molar-refractivity contribution in [2.24, 2.45) is 5.73 Å². The smallest absolute Gasteiger partial charge is 0.271 e. The maximum atomic E-state index is 11.9. The van der Waals surface area contributed by atoms with Gasteiger partial charge >= 0.3 is 0 Å². The molecule has 0 saturated carbocycles. The number of nitrogens with zero attached hydrogens (tertiary/aromatic N) is 1. The number of hydrogen-bond donors (Lipinski definition) is 3. The summed E-state index contributed by atoms with van der Waals surface area (Å²) >= 11 is 0. The Kier molecular flexibility index (Phi) is 4.44. The molecule has 0 saturated heterocycles. The number of carbonyl (C=O) groups excluding carboxylic acids is 1. The zero-order valence-corrected chi connectivity index (χ0v) is 10.8. The maximum absolute atomic E-state index is 11.9. The lowest BCUT2D eigenvalue weighted by Crippen LogP contribution is -2.48. The van der Waals surface area contributed by atoms with Gasteiger partial charge in [-0.1, -0.05) is 13.3 Å². The first-order valence-electron chi connectivity index (χ1n) is 5.85. The number of aromatic hydroxyl groups is 1. The number of nitro groups is 1. The monoisotopic (exact) mass is 267 g/mol. The number of phenolic OH excluding ortho intramolecular Hbond substituents is 1. The molecule has 0 aliphatic rings. The van der Waals surface area contributed by atoms with Crippen molar-refractivity contribution < 1.29 is 14.8 Å². The summed E-state index contributed by atoms with van der Waals surface area (Å²) in [5.74, 6) is -0.739. The number of anilines is 1. The van der Waals surface area contributed by atoms with E-state index >= 15 is 0 Å². The summed E-state index contributed by atoms with van der Waals surface area (Å²) in [5, 5.41) is 22.6. The van der Waals surface area contributed by atoms with Gasteiger partial charge in [0.1, 0.15) is 5.75 Å². The predicted octanol–water partition coefficient (Wildman–Crippen LogP) is 1.76. The Labute approximate surface area is 110 Å². The van der Waals surface area contributed by atoms with Crippen molar-refractivity contribution in [1.82, 2.24) is 0 Å². The summed E-state index contributed by atoms with van der Waals surface area (Å²) in [6, 6.07) is 3.40. The van der Waals surface area contributed by atoms with Gasteiger partial charge in [0.05, 0.1) is 16.1 Å². The number of hydrogen-bond acceptors (Lipinski definition) is 5. The Hall–Kier alpha value is -2.15. The van der Waals surface area contributed by atoms with Gasteiger partial charge in [-0.2, -0.15) is 0 Å². The Balaban J connectivity index is 2.96. The molecule has 7 heteroatoms. The average Bonchev–Trinajstić information content (AvgIpc) is 2.31. The number of rotatable bonds is 5. The highest BCUT2D eigenvalue weighted by Crippen LogP contribution is 2.28. The fraction of sp³-hybridized carbons (Fsp3) is 0.417. The highest BCUT2D eigenvalue weighted by molar-refractivity contribution is 5.98. The molecule has 0 aromatic heterocycles. The normalized spacial score (nSPS) is 13.6. The van der Waals surface area contributed by atoms with Gasteiger partial charge in [-0.05, 0) is 19.4 Å². The molecule has 1 aromatic rings. The first kappa shape index (κ1) is 14.9. The maximum Gasteiger partial charge on any atom is 0.271 e. The second-order valence-corrected chi connectivity index (χ2v) is 4.58. The van der Waals surface area contributed by atoms with Gasteiger partial charge in [-0.3, -0.25) is 14.9 Å². The van der Waals surface area contributed by atoms with E-state index in [9.17, 15) is 20.0 Å². The van der Waals surface area contributed by atoms with Crippen LogP contribution in [-0.2, 0) is 4.79 Å². The number of non-ortho nitro benzene ring substituents is 1. The number of nitrogens with two attached hydrogens (primary N) is 1. The van der Waals surface area contributed by atoms with Gasteiger partial charge < -0.3 is 16.2 Å². The van der Waals surface area contributed by atoms with Crippen LogP contribution in [0, 0.1) is 10.1 Å². The molecule has 0 fully saturated rings. The fourth-order valence-corrected chi connectivity index (χ4v) is 1.64. The third-order valence-electron chi connectivity index (χ3n) is 2.73. The molecule has 19 heavy (non-hydrogen) atoms. The molecule has 7 nitrogen and oxygen atoms in total. The van der Waals surface area contributed by atoms with Crippen molar-refractivity contribution in [2.45, 2.75) is 32.2 Å². The van der Waals surface area contributed by atoms with Gasteiger partial charge in [0.25, 0.3) is 5.69 Å². The van der Waals surface area contributed by atoms with E-state index in [1.165, 1.54) is 0 Å². The van der Waals surface area contributed by atoms with Gasteiger partial charge in [0.15, 0.2) is 0 Å². The summed E-state index contributed by atoms with van der Waals surface area (Å²) in [6.07, 6.45) is 1.19. The minimum atomic E-state index is -1.09. The summed E-state index contributed by atoms with van der Waals surface area (Å²) < 4.78 is 0. The van der Waals surface area contributed by atoms with Crippen molar-refractivity contribution in [3.05, 3.63) is 28.3 Å². The van der Waals surface area contributed by atoms with Crippen LogP contribution in [0.5, 0.6) is 5.75 Å². The average molecular weight is 267 g/mol. The van der Waals surface area contributed by atoms with Crippen LogP contribution < -0.4 is 11.1 Å². The lowest BCUT2D eigenvalue weighted by atomic mass is 9.96. The van der Waals surface area contributed by atoms with Crippen molar-refractivity contribution in [2.75, 3.05) is 5.32 Å². The molecule has 1 unspecified atom stereocenters. The van der Waals surface area contributed by atoms with Gasteiger partial charge in [-0.25, -0.2) is 0 Å². The Bertz CT molecular complexity index is 500. The van der Waals surface area contributed by atoms with E-state index in [0.29, 0.717) is 6.42 Å². The molecular formula is C12H17N3O4. The largest absolute Gasteiger partial charge is 0.506 e. The molecule has 0 heterocycles. The summed E-state index contributed by atoms with van der Waals surface area (Å²) in [4.78, 5) is 22.0. The molecular weight excluding hydrogens is 250 g/mol.